The molecular weight excluding hydrogens is 152 g/mol. The normalized spacial score (nSPS) is 56.2. The Labute approximate surface area is 73.6 Å². The van der Waals surface area contributed by atoms with Crippen LogP contribution >= 0.6 is 0 Å². The first-order valence-electron chi connectivity index (χ1n) is 4.78. The van der Waals surface area contributed by atoms with Gasteiger partial charge in [-0.3, -0.25) is 0 Å². The van der Waals surface area contributed by atoms with Crippen molar-refractivity contribution in [2.75, 3.05) is 0 Å². The number of hydrogen-bond acceptors (Lipinski definition) is 2. The van der Waals surface area contributed by atoms with E-state index in [0.29, 0.717) is 11.8 Å². The average Bonchev–Trinajstić information content (AvgIpc) is 2.46. The van der Waals surface area contributed by atoms with Crippen LogP contribution < -0.4 is 0 Å². The van der Waals surface area contributed by atoms with Gasteiger partial charge in [0, 0.05) is 0 Å². The lowest BCUT2D eigenvalue weighted by molar-refractivity contribution is -0.0951. The van der Waals surface area contributed by atoms with Crippen LogP contribution in [0.25, 0.3) is 0 Å². The number of fused-ring (bicyclic) bond motifs is 1. The first kappa shape index (κ1) is 8.52. The van der Waals surface area contributed by atoms with Crippen LogP contribution in [0, 0.1) is 17.3 Å². The summed E-state index contributed by atoms with van der Waals surface area (Å²) in [5.74, 6) is 0.981. The lowest BCUT2D eigenvalue weighted by atomic mass is 9.84. The van der Waals surface area contributed by atoms with Crippen LogP contribution in [-0.4, -0.2) is 21.9 Å². The van der Waals surface area contributed by atoms with Gasteiger partial charge < -0.3 is 10.2 Å². The monoisotopic (exact) mass is 170 g/mol. The fourth-order valence-electron chi connectivity index (χ4n) is 2.95. The van der Waals surface area contributed by atoms with Crippen LogP contribution in [0.5, 0.6) is 0 Å². The van der Waals surface area contributed by atoms with E-state index in [9.17, 15) is 10.2 Å². The van der Waals surface area contributed by atoms with E-state index < -0.39 is 11.7 Å². The maximum atomic E-state index is 9.83. The van der Waals surface area contributed by atoms with Crippen LogP contribution in [0.3, 0.4) is 0 Å². The summed E-state index contributed by atoms with van der Waals surface area (Å²) < 4.78 is 0. The molecule has 0 amide bonds. The van der Waals surface area contributed by atoms with Gasteiger partial charge in [0.25, 0.3) is 0 Å². The average molecular weight is 170 g/mol. The van der Waals surface area contributed by atoms with Crippen LogP contribution in [0.15, 0.2) is 0 Å². The molecule has 4 unspecified atom stereocenters. The topological polar surface area (TPSA) is 40.5 Å². The maximum absolute atomic E-state index is 9.83. The van der Waals surface area contributed by atoms with Crippen molar-refractivity contribution in [2.45, 2.75) is 45.3 Å². The van der Waals surface area contributed by atoms with Crippen molar-refractivity contribution < 1.29 is 10.2 Å². The van der Waals surface area contributed by atoms with E-state index in [1.165, 1.54) is 0 Å². The Morgan fingerprint density at radius 1 is 1.25 bits per heavy atom. The summed E-state index contributed by atoms with van der Waals surface area (Å²) in [6.45, 7) is 6.13. The van der Waals surface area contributed by atoms with E-state index in [1.807, 2.05) is 0 Å². The molecule has 2 aliphatic rings. The van der Waals surface area contributed by atoms with Crippen molar-refractivity contribution in [3.8, 4) is 0 Å². The molecule has 0 radical (unpaired) electrons. The van der Waals surface area contributed by atoms with Gasteiger partial charge >= 0.3 is 0 Å². The zero-order chi connectivity index (χ0) is 9.15. The third-order valence-corrected chi connectivity index (χ3v) is 4.08. The molecule has 0 aromatic carbocycles. The van der Waals surface area contributed by atoms with Gasteiger partial charge in [0.15, 0.2) is 0 Å². The summed E-state index contributed by atoms with van der Waals surface area (Å²) in [6.07, 6.45) is 1.31. The summed E-state index contributed by atoms with van der Waals surface area (Å²) in [7, 11) is 0. The third kappa shape index (κ3) is 0.882. The summed E-state index contributed by atoms with van der Waals surface area (Å²) in [6, 6.07) is 0. The van der Waals surface area contributed by atoms with E-state index in [-0.39, 0.29) is 5.41 Å². The lowest BCUT2D eigenvalue weighted by Crippen LogP contribution is -2.43. The number of rotatable bonds is 0. The van der Waals surface area contributed by atoms with Gasteiger partial charge in [0.2, 0.25) is 0 Å². The summed E-state index contributed by atoms with van der Waals surface area (Å²) >= 11 is 0. The second kappa shape index (κ2) is 2.05. The second-order valence-electron chi connectivity index (χ2n) is 5.29. The third-order valence-electron chi connectivity index (χ3n) is 4.08. The van der Waals surface area contributed by atoms with Gasteiger partial charge in [-0.05, 0) is 37.0 Å². The highest BCUT2D eigenvalue weighted by Crippen LogP contribution is 2.66. The lowest BCUT2D eigenvalue weighted by Gasteiger charge is -2.33. The molecule has 0 spiro atoms. The van der Waals surface area contributed by atoms with Crippen molar-refractivity contribution in [1.29, 1.82) is 0 Å². The van der Waals surface area contributed by atoms with E-state index in [4.69, 9.17) is 0 Å². The van der Waals surface area contributed by atoms with E-state index in [1.54, 1.807) is 6.92 Å². The van der Waals surface area contributed by atoms with Crippen LogP contribution in [0.1, 0.15) is 33.6 Å². The minimum Gasteiger partial charge on any atom is -0.390 e. The molecule has 0 bridgehead atoms. The van der Waals surface area contributed by atoms with Gasteiger partial charge in [-0.2, -0.15) is 0 Å². The minimum atomic E-state index is -0.838. The van der Waals surface area contributed by atoms with Crippen LogP contribution in [-0.2, 0) is 0 Å². The van der Waals surface area contributed by atoms with E-state index >= 15 is 0 Å². The molecule has 12 heavy (non-hydrogen) atoms. The van der Waals surface area contributed by atoms with Gasteiger partial charge in [0.1, 0.15) is 0 Å². The standard InChI is InChI=1S/C10H18O2/c1-9(2)6-4-5-10(3,12)8(11)7(6)9/h6-8,11-12H,4-5H2,1-3H3. The highest BCUT2D eigenvalue weighted by molar-refractivity contribution is 5.14. The highest BCUT2D eigenvalue weighted by Gasteiger charge is 2.65. The highest BCUT2D eigenvalue weighted by atomic mass is 16.3. The summed E-state index contributed by atoms with van der Waals surface area (Å²) in [5.41, 5.74) is -0.575. The predicted octanol–water partition coefficient (Wildman–Crippen LogP) is 1.16. The maximum Gasteiger partial charge on any atom is 0.0880 e. The SMILES string of the molecule is CC1(O)CCC2C(C1O)C2(C)C. The van der Waals surface area contributed by atoms with Crippen molar-refractivity contribution in [3.05, 3.63) is 0 Å². The van der Waals surface area contributed by atoms with E-state index in [2.05, 4.69) is 13.8 Å². The molecule has 2 rings (SSSR count). The quantitative estimate of drug-likeness (QED) is 0.573. The molecule has 0 aliphatic heterocycles. The Morgan fingerprint density at radius 3 is 2.33 bits per heavy atom. The van der Waals surface area contributed by atoms with Gasteiger partial charge in [0.05, 0.1) is 11.7 Å². The molecule has 0 aromatic rings. The van der Waals surface area contributed by atoms with Crippen molar-refractivity contribution in [2.24, 2.45) is 17.3 Å². The molecule has 2 fully saturated rings. The second-order valence-corrected chi connectivity index (χ2v) is 5.29. The van der Waals surface area contributed by atoms with Crippen molar-refractivity contribution in [3.63, 3.8) is 0 Å². The molecule has 2 N–H and O–H groups in total. The summed E-state index contributed by atoms with van der Waals surface area (Å²) in [5, 5.41) is 19.7. The summed E-state index contributed by atoms with van der Waals surface area (Å²) in [4.78, 5) is 0. The minimum absolute atomic E-state index is 0.264. The molecule has 2 aliphatic carbocycles. The number of aliphatic hydroxyl groups excluding tert-OH is 1. The fraction of sp³-hybridized carbons (Fsp3) is 1.00. The largest absolute Gasteiger partial charge is 0.390 e. The molecule has 2 nitrogen and oxygen atoms in total. The molecular formula is C10H18O2. The van der Waals surface area contributed by atoms with Gasteiger partial charge in [-0.25, -0.2) is 0 Å². The molecule has 4 atom stereocenters. The smallest absolute Gasteiger partial charge is 0.0880 e. The zero-order valence-electron chi connectivity index (χ0n) is 8.04. The fourth-order valence-corrected chi connectivity index (χ4v) is 2.95. The number of hydrogen-bond donors (Lipinski definition) is 2. The first-order chi connectivity index (χ1) is 5.37. The number of aliphatic hydroxyl groups is 2. The molecule has 2 heteroatoms. The molecule has 0 saturated heterocycles. The van der Waals surface area contributed by atoms with Gasteiger partial charge in [-0.1, -0.05) is 13.8 Å². The van der Waals surface area contributed by atoms with Crippen LogP contribution in [0.2, 0.25) is 0 Å². The Bertz CT molecular complexity index is 208. The first-order valence-corrected chi connectivity index (χ1v) is 4.78. The Balaban J connectivity index is 2.19. The Kier molecular flexibility index (Phi) is 1.45. The van der Waals surface area contributed by atoms with Crippen LogP contribution in [0.4, 0.5) is 0 Å². The Morgan fingerprint density at radius 2 is 1.83 bits per heavy atom. The predicted molar refractivity (Wildman–Crippen MR) is 46.6 cm³/mol. The molecule has 70 valence electrons. The molecule has 0 heterocycles. The molecule has 2 saturated carbocycles. The Hall–Kier alpha value is -0.0800. The zero-order valence-corrected chi connectivity index (χ0v) is 8.04. The molecule has 0 aromatic heterocycles. The van der Waals surface area contributed by atoms with Gasteiger partial charge in [-0.15, -0.1) is 0 Å². The van der Waals surface area contributed by atoms with Crippen molar-refractivity contribution >= 4 is 0 Å². The van der Waals surface area contributed by atoms with E-state index in [0.717, 1.165) is 12.8 Å². The van der Waals surface area contributed by atoms with Crippen molar-refractivity contribution in [1.82, 2.24) is 0 Å².